The van der Waals surface area contributed by atoms with Gasteiger partial charge in [0, 0.05) is 18.1 Å². The highest BCUT2D eigenvalue weighted by Crippen LogP contribution is 2.33. The van der Waals surface area contributed by atoms with Gasteiger partial charge in [0.15, 0.2) is 0 Å². The van der Waals surface area contributed by atoms with E-state index in [4.69, 9.17) is 23.2 Å². The molecule has 2 amide bonds. The number of unbranched alkanes of at least 4 members (excludes halogenated alkanes) is 1. The van der Waals surface area contributed by atoms with Crippen molar-refractivity contribution in [3.05, 3.63) is 94.5 Å². The minimum absolute atomic E-state index is 0.000900. The summed E-state index contributed by atoms with van der Waals surface area (Å²) >= 11 is 12.7. The molecule has 1 atom stereocenters. The SMILES string of the molecule is CCCCNC(=O)[C@@H](CC)N(CCc1ccccc1)C(=O)CN(c1cc(Cl)ccc1Cl)S(=O)(=O)c1ccccc1. The fourth-order valence-corrected chi connectivity index (χ4v) is 6.19. The van der Waals surface area contributed by atoms with Gasteiger partial charge in [0.25, 0.3) is 10.0 Å². The van der Waals surface area contributed by atoms with E-state index in [9.17, 15) is 18.0 Å². The van der Waals surface area contributed by atoms with Crippen molar-refractivity contribution in [3.8, 4) is 0 Å². The Labute approximate surface area is 247 Å². The highest BCUT2D eigenvalue weighted by atomic mass is 35.5. The number of hydrogen-bond acceptors (Lipinski definition) is 4. The third-order valence-corrected chi connectivity index (χ3v) is 8.82. The maximum absolute atomic E-state index is 14.0. The third kappa shape index (κ3) is 8.22. The van der Waals surface area contributed by atoms with Crippen LogP contribution in [0.25, 0.3) is 0 Å². The van der Waals surface area contributed by atoms with Gasteiger partial charge in [0.2, 0.25) is 11.8 Å². The van der Waals surface area contributed by atoms with Crippen LogP contribution in [0.3, 0.4) is 0 Å². The molecule has 0 aliphatic rings. The molecule has 3 rings (SSSR count). The minimum Gasteiger partial charge on any atom is -0.354 e. The topological polar surface area (TPSA) is 86.8 Å². The van der Waals surface area contributed by atoms with Gasteiger partial charge in [-0.15, -0.1) is 0 Å². The number of hydrogen-bond donors (Lipinski definition) is 1. The smallest absolute Gasteiger partial charge is 0.264 e. The molecule has 0 aliphatic carbocycles. The lowest BCUT2D eigenvalue weighted by molar-refractivity contribution is -0.139. The first-order valence-electron chi connectivity index (χ1n) is 13.3. The summed E-state index contributed by atoms with van der Waals surface area (Å²) in [5.41, 5.74) is 1.07. The number of carbonyl (C=O) groups is 2. The average molecular weight is 605 g/mol. The second-order valence-electron chi connectivity index (χ2n) is 9.31. The molecular weight excluding hydrogens is 569 g/mol. The molecule has 0 heterocycles. The first kappa shape index (κ1) is 31.5. The van der Waals surface area contributed by atoms with Crippen molar-refractivity contribution in [2.45, 2.75) is 50.5 Å². The molecule has 7 nitrogen and oxygen atoms in total. The van der Waals surface area contributed by atoms with E-state index in [-0.39, 0.29) is 33.1 Å². The first-order valence-corrected chi connectivity index (χ1v) is 15.5. The summed E-state index contributed by atoms with van der Waals surface area (Å²) < 4.78 is 28.7. The molecule has 0 unspecified atom stereocenters. The summed E-state index contributed by atoms with van der Waals surface area (Å²) in [7, 11) is -4.22. The maximum Gasteiger partial charge on any atom is 0.264 e. The molecule has 3 aromatic rings. The van der Waals surface area contributed by atoms with Crippen molar-refractivity contribution in [3.63, 3.8) is 0 Å². The highest BCUT2D eigenvalue weighted by Gasteiger charge is 2.34. The van der Waals surface area contributed by atoms with Crippen molar-refractivity contribution < 1.29 is 18.0 Å². The Bertz CT molecular complexity index is 1370. The Morgan fingerprint density at radius 3 is 2.20 bits per heavy atom. The second kappa shape index (κ2) is 15.1. The lowest BCUT2D eigenvalue weighted by Crippen LogP contribution is -2.53. The Morgan fingerprint density at radius 1 is 0.925 bits per heavy atom. The van der Waals surface area contributed by atoms with Gasteiger partial charge in [-0.2, -0.15) is 0 Å². The lowest BCUT2D eigenvalue weighted by atomic mass is 10.1. The van der Waals surface area contributed by atoms with Gasteiger partial charge >= 0.3 is 0 Å². The van der Waals surface area contributed by atoms with Gasteiger partial charge in [-0.05, 0) is 55.2 Å². The van der Waals surface area contributed by atoms with E-state index in [0.717, 1.165) is 22.7 Å². The van der Waals surface area contributed by atoms with Gasteiger partial charge in [-0.1, -0.05) is 92.0 Å². The molecule has 0 saturated carbocycles. The molecule has 0 spiro atoms. The second-order valence-corrected chi connectivity index (χ2v) is 12.0. The number of nitrogens with one attached hydrogen (secondary N) is 1. The summed E-state index contributed by atoms with van der Waals surface area (Å²) in [6.45, 7) is 4.02. The highest BCUT2D eigenvalue weighted by molar-refractivity contribution is 7.92. The van der Waals surface area contributed by atoms with E-state index in [1.807, 2.05) is 44.2 Å². The summed E-state index contributed by atoms with van der Waals surface area (Å²) in [6.07, 6.45) is 2.59. The molecule has 1 N–H and O–H groups in total. The molecule has 0 saturated heterocycles. The lowest BCUT2D eigenvalue weighted by Gasteiger charge is -2.33. The van der Waals surface area contributed by atoms with Crippen LogP contribution in [0.5, 0.6) is 0 Å². The fourth-order valence-electron chi connectivity index (χ4n) is 4.31. The molecule has 214 valence electrons. The standard InChI is InChI=1S/C30H35Cl2N3O4S/c1-3-5-19-33-30(37)27(4-2)34(20-18-23-12-8-6-9-13-23)29(36)22-35(28-21-24(31)16-17-26(28)32)40(38,39)25-14-10-7-11-15-25/h6-17,21,27H,3-5,18-20,22H2,1-2H3,(H,33,37)/t27-/m1/s1. The van der Waals surface area contributed by atoms with Crippen LogP contribution in [0, 0.1) is 0 Å². The van der Waals surface area contributed by atoms with Crippen LogP contribution >= 0.6 is 23.2 Å². The van der Waals surface area contributed by atoms with Crippen LogP contribution in [-0.2, 0) is 26.0 Å². The number of rotatable bonds is 14. The van der Waals surface area contributed by atoms with E-state index in [1.165, 1.54) is 29.2 Å². The van der Waals surface area contributed by atoms with Crippen molar-refractivity contribution in [1.29, 1.82) is 0 Å². The average Bonchev–Trinajstić information content (AvgIpc) is 2.96. The van der Waals surface area contributed by atoms with Gasteiger partial charge in [0.05, 0.1) is 15.6 Å². The number of benzene rings is 3. The van der Waals surface area contributed by atoms with E-state index < -0.39 is 28.5 Å². The predicted molar refractivity (Wildman–Crippen MR) is 161 cm³/mol. The van der Waals surface area contributed by atoms with Gasteiger partial charge in [0.1, 0.15) is 12.6 Å². The summed E-state index contributed by atoms with van der Waals surface area (Å²) in [5.74, 6) is -0.792. The number of carbonyl (C=O) groups excluding carboxylic acids is 2. The Morgan fingerprint density at radius 2 is 1.57 bits per heavy atom. The number of halogens is 2. The van der Waals surface area contributed by atoms with E-state index in [2.05, 4.69) is 5.32 Å². The number of nitrogens with zero attached hydrogens (tertiary/aromatic N) is 2. The normalized spacial score (nSPS) is 12.0. The van der Waals surface area contributed by atoms with E-state index in [0.29, 0.717) is 19.4 Å². The van der Waals surface area contributed by atoms with Crippen LogP contribution in [0.4, 0.5) is 5.69 Å². The third-order valence-electron chi connectivity index (χ3n) is 6.49. The fraction of sp³-hybridized carbons (Fsp3) is 0.333. The zero-order chi connectivity index (χ0) is 29.1. The van der Waals surface area contributed by atoms with Crippen LogP contribution in [0.15, 0.2) is 83.8 Å². The summed E-state index contributed by atoms with van der Waals surface area (Å²) in [6, 6.07) is 21.1. The van der Waals surface area contributed by atoms with Gasteiger partial charge in [-0.25, -0.2) is 8.42 Å². The number of anilines is 1. The number of amides is 2. The van der Waals surface area contributed by atoms with Gasteiger partial charge < -0.3 is 10.2 Å². The number of sulfonamides is 1. The Hall–Kier alpha value is -3.07. The molecule has 10 heteroatoms. The quantitative estimate of drug-likeness (QED) is 0.230. The van der Waals surface area contributed by atoms with Crippen molar-refractivity contribution in [1.82, 2.24) is 10.2 Å². The minimum atomic E-state index is -4.22. The monoisotopic (exact) mass is 603 g/mol. The summed E-state index contributed by atoms with van der Waals surface area (Å²) in [4.78, 5) is 28.7. The van der Waals surface area contributed by atoms with Crippen LogP contribution in [0.2, 0.25) is 10.0 Å². The molecule has 0 aliphatic heterocycles. The maximum atomic E-state index is 14.0. The van der Waals surface area contributed by atoms with E-state index >= 15 is 0 Å². The van der Waals surface area contributed by atoms with Crippen molar-refractivity contribution >= 4 is 50.7 Å². The molecule has 0 aromatic heterocycles. The van der Waals surface area contributed by atoms with Crippen molar-refractivity contribution in [2.24, 2.45) is 0 Å². The van der Waals surface area contributed by atoms with Crippen molar-refractivity contribution in [2.75, 3.05) is 23.9 Å². The molecule has 40 heavy (non-hydrogen) atoms. The van der Waals surface area contributed by atoms with Crippen LogP contribution < -0.4 is 9.62 Å². The predicted octanol–water partition coefficient (Wildman–Crippen LogP) is 5.95. The van der Waals surface area contributed by atoms with Gasteiger partial charge in [-0.3, -0.25) is 13.9 Å². The molecular formula is C30H35Cl2N3O4S. The molecule has 3 aromatic carbocycles. The summed E-state index contributed by atoms with van der Waals surface area (Å²) in [5, 5.41) is 3.31. The zero-order valence-corrected chi connectivity index (χ0v) is 25.1. The molecule has 0 fully saturated rings. The first-order chi connectivity index (χ1) is 19.2. The Balaban J connectivity index is 2.01. The zero-order valence-electron chi connectivity index (χ0n) is 22.7. The van der Waals surface area contributed by atoms with E-state index in [1.54, 1.807) is 24.3 Å². The molecule has 0 bridgehead atoms. The van der Waals surface area contributed by atoms with Crippen LogP contribution in [-0.4, -0.2) is 50.8 Å². The Kier molecular flexibility index (Phi) is 11.9. The largest absolute Gasteiger partial charge is 0.354 e. The van der Waals surface area contributed by atoms with Crippen LogP contribution in [0.1, 0.15) is 38.7 Å². The molecule has 0 radical (unpaired) electrons.